The molecule has 2 aromatic rings. The van der Waals surface area contributed by atoms with Crippen molar-refractivity contribution in [1.29, 1.82) is 0 Å². The summed E-state index contributed by atoms with van der Waals surface area (Å²) >= 11 is 1.94. The van der Waals surface area contributed by atoms with Crippen LogP contribution in [0.25, 0.3) is 5.00 Å². The topological polar surface area (TPSA) is 58.0 Å². The Morgan fingerprint density at radius 1 is 1.24 bits per heavy atom. The molecule has 21 heavy (non-hydrogen) atoms. The first-order valence-electron chi connectivity index (χ1n) is 7.62. The van der Waals surface area contributed by atoms with Crippen molar-refractivity contribution in [3.05, 3.63) is 21.8 Å². The quantitative estimate of drug-likeness (QED) is 0.777. The maximum atomic E-state index is 4.38. The number of nitrogens with zero attached hydrogens (tertiary/aromatic N) is 4. The van der Waals surface area contributed by atoms with Crippen LogP contribution in [0.1, 0.15) is 47.8 Å². The van der Waals surface area contributed by atoms with Crippen molar-refractivity contribution in [3.8, 4) is 5.00 Å². The molecule has 0 saturated carbocycles. The lowest BCUT2D eigenvalue weighted by molar-refractivity contribution is 0.559. The first-order chi connectivity index (χ1) is 10.2. The van der Waals surface area contributed by atoms with Crippen LogP contribution in [0.15, 0.2) is 0 Å². The van der Waals surface area contributed by atoms with Crippen molar-refractivity contribution < 1.29 is 0 Å². The second-order valence-electron chi connectivity index (χ2n) is 6.10. The third-order valence-corrected chi connectivity index (χ3v) is 5.98. The zero-order valence-electron chi connectivity index (χ0n) is 12.2. The molecule has 0 bridgehead atoms. The molecule has 0 radical (unpaired) electrons. The monoisotopic (exact) mass is 302 g/mol. The summed E-state index contributed by atoms with van der Waals surface area (Å²) in [5.74, 6) is 1.87. The fraction of sp³-hybridized carbons (Fsp3) is 0.571. The van der Waals surface area contributed by atoms with E-state index in [-0.39, 0.29) is 12.3 Å². The van der Waals surface area contributed by atoms with E-state index < -0.39 is 0 Å². The van der Waals surface area contributed by atoms with Gasteiger partial charge in [0.2, 0.25) is 5.95 Å². The molecule has 2 N–H and O–H groups in total. The number of aromatic nitrogens is 3. The molecule has 2 aliphatic heterocycles. The zero-order valence-corrected chi connectivity index (χ0v) is 13.0. The average molecular weight is 302 g/mol. The van der Waals surface area contributed by atoms with Crippen molar-refractivity contribution in [1.82, 2.24) is 25.5 Å². The Morgan fingerprint density at radius 2 is 2.10 bits per heavy atom. The van der Waals surface area contributed by atoms with E-state index in [1.165, 1.54) is 36.2 Å². The lowest BCUT2D eigenvalue weighted by atomic mass is 9.94. The van der Waals surface area contributed by atoms with Gasteiger partial charge in [0.25, 0.3) is 0 Å². The molecule has 3 aliphatic rings. The molecule has 2 aromatic heterocycles. The van der Waals surface area contributed by atoms with Gasteiger partial charge in [-0.05, 0) is 45.1 Å². The molecule has 0 aromatic carbocycles. The van der Waals surface area contributed by atoms with Gasteiger partial charge in [-0.25, -0.2) is 5.43 Å². The Morgan fingerprint density at radius 3 is 3.00 bits per heavy atom. The predicted molar refractivity (Wildman–Crippen MR) is 81.6 cm³/mol. The molecule has 2 unspecified atom stereocenters. The molecule has 6 nitrogen and oxygen atoms in total. The molecule has 1 saturated heterocycles. The number of hydrazine groups is 1. The highest BCUT2D eigenvalue weighted by Gasteiger charge is 2.42. The van der Waals surface area contributed by atoms with Crippen molar-refractivity contribution >= 4 is 17.3 Å². The Labute approximate surface area is 127 Å². The van der Waals surface area contributed by atoms with Crippen LogP contribution < -0.4 is 15.8 Å². The van der Waals surface area contributed by atoms with E-state index in [1.54, 1.807) is 10.4 Å². The van der Waals surface area contributed by atoms with E-state index in [0.717, 1.165) is 11.8 Å². The summed E-state index contributed by atoms with van der Waals surface area (Å²) in [6, 6.07) is 0. The Bertz CT molecular complexity index is 732. The van der Waals surface area contributed by atoms with E-state index in [2.05, 4.69) is 37.4 Å². The lowest BCUT2D eigenvalue weighted by Crippen LogP contribution is -2.40. The standard InChI is InChI=1S/C14H18N6S/c1-7-15-12-11-9-5-3-4-6-10(9)21-13(11)19-8(2)16-17-14(19)20(12)18-7/h7,12,15,18H,3-6H2,1-2H3. The van der Waals surface area contributed by atoms with Gasteiger partial charge in [-0.15, -0.1) is 21.5 Å². The van der Waals surface area contributed by atoms with Crippen molar-refractivity contribution in [3.63, 3.8) is 0 Å². The van der Waals surface area contributed by atoms with E-state index >= 15 is 0 Å². The number of nitrogens with one attached hydrogen (secondary N) is 2. The van der Waals surface area contributed by atoms with Crippen LogP contribution in [0.4, 0.5) is 5.95 Å². The summed E-state index contributed by atoms with van der Waals surface area (Å²) in [5, 5.41) is 15.8. The highest BCUT2D eigenvalue weighted by Crippen LogP contribution is 2.46. The number of aryl methyl sites for hydroxylation is 2. The number of hydrogen-bond donors (Lipinski definition) is 2. The molecule has 0 spiro atoms. The summed E-state index contributed by atoms with van der Waals surface area (Å²) in [6.07, 6.45) is 5.48. The van der Waals surface area contributed by atoms with E-state index in [4.69, 9.17) is 0 Å². The fourth-order valence-corrected chi connectivity index (χ4v) is 5.25. The Kier molecular flexibility index (Phi) is 2.34. The number of rotatable bonds is 0. The second-order valence-corrected chi connectivity index (χ2v) is 7.19. The van der Waals surface area contributed by atoms with Crippen LogP contribution in [0, 0.1) is 6.92 Å². The first-order valence-corrected chi connectivity index (χ1v) is 8.44. The minimum Gasteiger partial charge on any atom is -0.276 e. The van der Waals surface area contributed by atoms with Crippen molar-refractivity contribution in [2.75, 3.05) is 5.01 Å². The third-order valence-electron chi connectivity index (χ3n) is 4.69. The minimum atomic E-state index is 0.184. The summed E-state index contributed by atoms with van der Waals surface area (Å²) in [4.78, 5) is 1.56. The molecule has 4 heterocycles. The zero-order chi connectivity index (χ0) is 14.1. The van der Waals surface area contributed by atoms with E-state index in [1.807, 2.05) is 18.3 Å². The maximum absolute atomic E-state index is 4.38. The number of anilines is 1. The number of thiophene rings is 1. The van der Waals surface area contributed by atoms with Gasteiger partial charge in [0.05, 0.1) is 6.17 Å². The Hall–Kier alpha value is -1.44. The first kappa shape index (κ1) is 12.1. The van der Waals surface area contributed by atoms with Gasteiger partial charge in [-0.1, -0.05) is 0 Å². The number of hydrogen-bond acceptors (Lipinski definition) is 6. The van der Waals surface area contributed by atoms with Gasteiger partial charge in [0.1, 0.15) is 17.0 Å². The average Bonchev–Trinajstić information content (AvgIpc) is 3.12. The van der Waals surface area contributed by atoms with Crippen LogP contribution in [0.2, 0.25) is 0 Å². The van der Waals surface area contributed by atoms with Crippen LogP contribution in [-0.4, -0.2) is 20.9 Å². The predicted octanol–water partition coefficient (Wildman–Crippen LogP) is 1.79. The summed E-state index contributed by atoms with van der Waals surface area (Å²) in [6.45, 7) is 4.18. The highest BCUT2D eigenvalue weighted by molar-refractivity contribution is 7.15. The smallest absolute Gasteiger partial charge is 0.248 e. The van der Waals surface area contributed by atoms with Gasteiger partial charge in [-0.2, -0.15) is 0 Å². The molecule has 7 heteroatoms. The molecule has 0 amide bonds. The van der Waals surface area contributed by atoms with Gasteiger partial charge in [0.15, 0.2) is 0 Å². The molecule has 1 aliphatic carbocycles. The van der Waals surface area contributed by atoms with Crippen LogP contribution >= 0.6 is 11.3 Å². The SMILES string of the molecule is Cc1nnc2n1-c1sc3c(c1C1NC(C)NN21)CCCC3. The van der Waals surface area contributed by atoms with Crippen LogP contribution in [0.5, 0.6) is 0 Å². The fourth-order valence-electron chi connectivity index (χ4n) is 3.79. The van der Waals surface area contributed by atoms with Gasteiger partial charge in [0, 0.05) is 10.4 Å². The van der Waals surface area contributed by atoms with Gasteiger partial charge < -0.3 is 0 Å². The second kappa shape index (κ2) is 4.06. The highest BCUT2D eigenvalue weighted by atomic mass is 32.1. The van der Waals surface area contributed by atoms with Crippen molar-refractivity contribution in [2.24, 2.45) is 0 Å². The maximum Gasteiger partial charge on any atom is 0.248 e. The molecular formula is C14H18N6S. The normalized spacial score (nSPS) is 26.3. The van der Waals surface area contributed by atoms with E-state index in [0.29, 0.717) is 0 Å². The summed E-state index contributed by atoms with van der Waals surface area (Å²) in [5.41, 5.74) is 6.48. The molecule has 1 fully saturated rings. The molecule has 5 rings (SSSR count). The van der Waals surface area contributed by atoms with Gasteiger partial charge >= 0.3 is 0 Å². The molecule has 110 valence electrons. The molecular weight excluding hydrogens is 284 g/mol. The number of fused-ring (bicyclic) bond motifs is 8. The van der Waals surface area contributed by atoms with E-state index in [9.17, 15) is 0 Å². The Balaban J connectivity index is 1.81. The minimum absolute atomic E-state index is 0.184. The lowest BCUT2D eigenvalue weighted by Gasteiger charge is -2.31. The van der Waals surface area contributed by atoms with Crippen LogP contribution in [0.3, 0.4) is 0 Å². The summed E-state index contributed by atoms with van der Waals surface area (Å²) in [7, 11) is 0. The third kappa shape index (κ3) is 1.48. The van der Waals surface area contributed by atoms with Crippen molar-refractivity contribution in [2.45, 2.75) is 51.9 Å². The van der Waals surface area contributed by atoms with Crippen LogP contribution in [-0.2, 0) is 12.8 Å². The summed E-state index contributed by atoms with van der Waals surface area (Å²) < 4.78 is 2.21. The largest absolute Gasteiger partial charge is 0.276 e. The molecule has 2 atom stereocenters. The van der Waals surface area contributed by atoms with Gasteiger partial charge in [-0.3, -0.25) is 14.9 Å².